The molecule has 1 heterocycles. The van der Waals surface area contributed by atoms with Crippen LogP contribution in [0.5, 0.6) is 0 Å². The van der Waals surface area contributed by atoms with Crippen molar-refractivity contribution in [1.82, 2.24) is 0 Å². The molecule has 1 saturated heterocycles. The second kappa shape index (κ2) is 9.61. The predicted octanol–water partition coefficient (Wildman–Crippen LogP) is 5.65. The molecule has 2 atom stereocenters. The predicted molar refractivity (Wildman–Crippen MR) is 120 cm³/mol. The molecule has 0 aliphatic carbocycles. The van der Waals surface area contributed by atoms with Crippen molar-refractivity contribution in [3.63, 3.8) is 0 Å². The van der Waals surface area contributed by atoms with Gasteiger partial charge < -0.3 is 9.22 Å². The number of hydrogen-bond acceptors (Lipinski definition) is 2. The molecule has 0 radical (unpaired) electrons. The molecule has 1 aliphatic heterocycles. The molecule has 0 amide bonds. The van der Waals surface area contributed by atoms with Crippen LogP contribution in [0.3, 0.4) is 0 Å². The largest absolute Gasteiger partial charge is 0.453 e. The normalized spacial score (nSPS) is 20.4. The second-order valence-corrected chi connectivity index (χ2v) is 9.01. The molecule has 0 saturated carbocycles. The number of carbonyl (C=O) groups excluding carboxylic acids is 1. The van der Waals surface area contributed by atoms with Crippen LogP contribution in [0, 0.1) is 17.6 Å². The van der Waals surface area contributed by atoms with Crippen LogP contribution in [0.1, 0.15) is 35.6 Å². The van der Waals surface area contributed by atoms with E-state index in [4.69, 9.17) is 4.74 Å². The van der Waals surface area contributed by atoms with E-state index in [1.165, 1.54) is 29.8 Å². The third-order valence-electron chi connectivity index (χ3n) is 6.19. The Hall–Kier alpha value is -3.05. The van der Waals surface area contributed by atoms with Crippen molar-refractivity contribution in [2.24, 2.45) is 5.92 Å². The number of esters is 1. The van der Waals surface area contributed by atoms with Crippen LogP contribution in [0.15, 0.2) is 78.9 Å². The fraction of sp³-hybridized carbons (Fsp3) is 0.296. The topological polar surface area (TPSA) is 26.3 Å². The number of nitrogens with zero attached hydrogens (tertiary/aromatic N) is 1. The highest BCUT2D eigenvalue weighted by molar-refractivity contribution is 5.70. The first kappa shape index (κ1) is 22.2. The molecule has 5 heteroatoms. The van der Waals surface area contributed by atoms with Crippen molar-refractivity contribution in [2.45, 2.75) is 25.5 Å². The highest BCUT2D eigenvalue weighted by atomic mass is 19.1. The SMILES string of the molecule is C[N+]1(Cc2ccccc2)CC[C@@H](CC(=O)OC(c2cccc(F)c2)c2cccc(F)c2)C1. The first-order chi connectivity index (χ1) is 15.4. The Morgan fingerprint density at radius 1 is 0.969 bits per heavy atom. The van der Waals surface area contributed by atoms with Crippen molar-refractivity contribution in [1.29, 1.82) is 0 Å². The van der Waals surface area contributed by atoms with Gasteiger partial charge in [-0.1, -0.05) is 54.6 Å². The van der Waals surface area contributed by atoms with E-state index in [1.807, 2.05) is 18.2 Å². The maximum Gasteiger partial charge on any atom is 0.307 e. The molecule has 166 valence electrons. The van der Waals surface area contributed by atoms with Crippen LogP contribution in [-0.2, 0) is 16.1 Å². The van der Waals surface area contributed by atoms with Gasteiger partial charge in [0.1, 0.15) is 18.2 Å². The van der Waals surface area contributed by atoms with E-state index in [-0.39, 0.29) is 11.9 Å². The lowest BCUT2D eigenvalue weighted by molar-refractivity contribution is -0.912. The maximum atomic E-state index is 13.8. The molecule has 3 aromatic rings. The average Bonchev–Trinajstić information content (AvgIpc) is 3.12. The van der Waals surface area contributed by atoms with Crippen LogP contribution in [0.4, 0.5) is 8.78 Å². The summed E-state index contributed by atoms with van der Waals surface area (Å²) in [5.74, 6) is -0.979. The second-order valence-electron chi connectivity index (χ2n) is 9.01. The molecule has 1 aliphatic rings. The molecule has 0 bridgehead atoms. The summed E-state index contributed by atoms with van der Waals surface area (Å²) in [5.41, 5.74) is 2.26. The molecule has 0 aromatic heterocycles. The molecular formula is C27H28F2NO2+. The van der Waals surface area contributed by atoms with E-state index in [0.717, 1.165) is 30.5 Å². The van der Waals surface area contributed by atoms with E-state index in [9.17, 15) is 13.6 Å². The molecule has 0 spiro atoms. The lowest BCUT2D eigenvalue weighted by Crippen LogP contribution is -2.40. The van der Waals surface area contributed by atoms with E-state index >= 15 is 0 Å². The summed E-state index contributed by atoms with van der Waals surface area (Å²) >= 11 is 0. The fourth-order valence-electron chi connectivity index (χ4n) is 4.72. The first-order valence-electron chi connectivity index (χ1n) is 11.0. The number of carbonyl (C=O) groups is 1. The molecule has 32 heavy (non-hydrogen) atoms. The van der Waals surface area contributed by atoms with Gasteiger partial charge in [0.05, 0.1) is 26.6 Å². The summed E-state index contributed by atoms with van der Waals surface area (Å²) in [5, 5.41) is 0. The molecule has 1 fully saturated rings. The Labute approximate surface area is 187 Å². The summed E-state index contributed by atoms with van der Waals surface area (Å²) in [6.07, 6.45) is 0.396. The zero-order valence-corrected chi connectivity index (χ0v) is 18.2. The monoisotopic (exact) mass is 436 g/mol. The van der Waals surface area contributed by atoms with Gasteiger partial charge in [-0.3, -0.25) is 4.79 Å². The molecule has 1 unspecified atom stereocenters. The van der Waals surface area contributed by atoms with E-state index in [0.29, 0.717) is 17.5 Å². The Kier molecular flexibility index (Phi) is 6.66. The van der Waals surface area contributed by atoms with Gasteiger partial charge >= 0.3 is 5.97 Å². The number of likely N-dealkylation sites (tertiary alicyclic amines) is 1. The van der Waals surface area contributed by atoms with Crippen molar-refractivity contribution >= 4 is 5.97 Å². The molecular weight excluding hydrogens is 408 g/mol. The van der Waals surface area contributed by atoms with Gasteiger partial charge in [0.2, 0.25) is 0 Å². The lowest BCUT2D eigenvalue weighted by atomic mass is 10.0. The smallest absolute Gasteiger partial charge is 0.307 e. The third kappa shape index (κ3) is 5.60. The molecule has 3 nitrogen and oxygen atoms in total. The fourth-order valence-corrected chi connectivity index (χ4v) is 4.72. The van der Waals surface area contributed by atoms with Crippen LogP contribution >= 0.6 is 0 Å². The van der Waals surface area contributed by atoms with Crippen molar-refractivity contribution in [3.8, 4) is 0 Å². The number of hydrogen-bond donors (Lipinski definition) is 0. The Bertz CT molecular complexity index is 1030. The Balaban J connectivity index is 1.44. The summed E-state index contributed by atoms with van der Waals surface area (Å²) < 4.78 is 34.4. The highest BCUT2D eigenvalue weighted by Gasteiger charge is 2.36. The van der Waals surface area contributed by atoms with E-state index in [2.05, 4.69) is 19.2 Å². The minimum atomic E-state index is -0.847. The summed E-state index contributed by atoms with van der Waals surface area (Å²) in [6, 6.07) is 22.2. The third-order valence-corrected chi connectivity index (χ3v) is 6.19. The van der Waals surface area contributed by atoms with Crippen LogP contribution < -0.4 is 0 Å². The van der Waals surface area contributed by atoms with Gasteiger partial charge in [-0.25, -0.2) is 8.78 Å². The van der Waals surface area contributed by atoms with Gasteiger partial charge in [-0.15, -0.1) is 0 Å². The van der Waals surface area contributed by atoms with Gasteiger partial charge in [-0.2, -0.15) is 0 Å². The lowest BCUT2D eigenvalue weighted by Gasteiger charge is -2.30. The van der Waals surface area contributed by atoms with E-state index < -0.39 is 17.7 Å². The maximum absolute atomic E-state index is 13.8. The Morgan fingerprint density at radius 3 is 2.19 bits per heavy atom. The summed E-state index contributed by atoms with van der Waals surface area (Å²) in [7, 11) is 2.22. The number of rotatable bonds is 7. The minimum absolute atomic E-state index is 0.219. The zero-order valence-electron chi connectivity index (χ0n) is 18.2. The zero-order chi connectivity index (χ0) is 22.6. The van der Waals surface area contributed by atoms with Gasteiger partial charge in [-0.05, 0) is 35.4 Å². The molecule has 4 rings (SSSR count). The first-order valence-corrected chi connectivity index (χ1v) is 11.0. The summed E-state index contributed by atoms with van der Waals surface area (Å²) in [4.78, 5) is 12.9. The van der Waals surface area contributed by atoms with E-state index in [1.54, 1.807) is 24.3 Å². The number of ether oxygens (including phenoxy) is 1. The van der Waals surface area contributed by atoms with Crippen molar-refractivity contribution in [2.75, 3.05) is 20.1 Å². The highest BCUT2D eigenvalue weighted by Crippen LogP contribution is 2.31. The number of quaternary nitrogens is 1. The average molecular weight is 437 g/mol. The van der Waals surface area contributed by atoms with Crippen LogP contribution in [0.25, 0.3) is 0 Å². The number of halogens is 2. The van der Waals surface area contributed by atoms with Gasteiger partial charge in [0.15, 0.2) is 6.10 Å². The van der Waals surface area contributed by atoms with Crippen LogP contribution in [0.2, 0.25) is 0 Å². The van der Waals surface area contributed by atoms with Crippen molar-refractivity contribution < 1.29 is 22.8 Å². The van der Waals surface area contributed by atoms with Crippen molar-refractivity contribution in [3.05, 3.63) is 107 Å². The standard InChI is InChI=1S/C27H28F2NO2/c1-30(18-20-7-3-2-4-8-20)14-13-21(19-30)15-26(31)32-27(22-9-5-11-24(28)16-22)23-10-6-12-25(29)17-23/h2-12,16-17,21,27H,13-15,18-19H2,1H3/q+1/t21-,30?/m0/s1. The summed E-state index contributed by atoms with van der Waals surface area (Å²) in [6.45, 7) is 2.83. The Morgan fingerprint density at radius 2 is 1.59 bits per heavy atom. The van der Waals surface area contributed by atoms with Gasteiger partial charge in [0.25, 0.3) is 0 Å². The minimum Gasteiger partial charge on any atom is -0.453 e. The quantitative estimate of drug-likeness (QED) is 0.353. The molecule has 3 aromatic carbocycles. The van der Waals surface area contributed by atoms with Crippen LogP contribution in [-0.4, -0.2) is 30.6 Å². The number of benzene rings is 3. The van der Waals surface area contributed by atoms with Gasteiger partial charge in [0, 0.05) is 17.9 Å². The molecule has 0 N–H and O–H groups in total.